The van der Waals surface area contributed by atoms with Gasteiger partial charge in [-0.25, -0.2) is 9.89 Å². The third-order valence-corrected chi connectivity index (χ3v) is 4.24. The fourth-order valence-electron chi connectivity index (χ4n) is 2.15. The van der Waals surface area contributed by atoms with Crippen LogP contribution in [0.25, 0.3) is 11.4 Å². The van der Waals surface area contributed by atoms with Crippen LogP contribution in [0.3, 0.4) is 0 Å². The lowest BCUT2D eigenvalue weighted by Crippen LogP contribution is -2.17. The minimum atomic E-state index is -0.481. The molecule has 2 heterocycles. The zero-order valence-electron chi connectivity index (χ0n) is 13.2. The van der Waals surface area contributed by atoms with Gasteiger partial charge < -0.3 is 4.52 Å². The molecule has 11 heteroatoms. The Kier molecular flexibility index (Phi) is 4.93. The predicted molar refractivity (Wildman–Crippen MR) is 89.1 cm³/mol. The van der Waals surface area contributed by atoms with Gasteiger partial charge in [0.1, 0.15) is 0 Å². The van der Waals surface area contributed by atoms with Gasteiger partial charge >= 0.3 is 5.69 Å². The first-order valence-electron chi connectivity index (χ1n) is 7.44. The number of hydrogen-bond donors (Lipinski definition) is 1. The molecule has 0 saturated heterocycles. The van der Waals surface area contributed by atoms with Crippen molar-refractivity contribution in [2.45, 2.75) is 30.8 Å². The molecule has 2 aromatic heterocycles. The number of aromatic amines is 1. The van der Waals surface area contributed by atoms with E-state index in [1.54, 1.807) is 16.7 Å². The van der Waals surface area contributed by atoms with Crippen molar-refractivity contribution in [2.24, 2.45) is 0 Å². The Morgan fingerprint density at radius 1 is 1.44 bits per heavy atom. The fourth-order valence-corrected chi connectivity index (χ4v) is 2.96. The summed E-state index contributed by atoms with van der Waals surface area (Å²) in [5, 5.41) is 21.6. The zero-order chi connectivity index (χ0) is 17.8. The Bertz CT molecular complexity index is 947. The van der Waals surface area contributed by atoms with Crippen molar-refractivity contribution in [3.63, 3.8) is 0 Å². The molecule has 0 amide bonds. The largest absolute Gasteiger partial charge is 0.343 e. The number of aromatic nitrogens is 5. The van der Waals surface area contributed by atoms with Gasteiger partial charge in [0.15, 0.2) is 5.16 Å². The second-order valence-electron chi connectivity index (χ2n) is 5.07. The van der Waals surface area contributed by atoms with Gasteiger partial charge in [0.2, 0.25) is 11.7 Å². The van der Waals surface area contributed by atoms with E-state index in [0.29, 0.717) is 28.9 Å². The molecule has 1 N–H and O–H groups in total. The van der Waals surface area contributed by atoms with Gasteiger partial charge in [-0.1, -0.05) is 36.0 Å². The molecule has 0 fully saturated rings. The lowest BCUT2D eigenvalue weighted by atomic mass is 10.2. The molecule has 0 radical (unpaired) electrons. The summed E-state index contributed by atoms with van der Waals surface area (Å²) in [6.45, 7) is 2.54. The maximum atomic E-state index is 11.6. The third-order valence-electron chi connectivity index (χ3n) is 3.28. The fraction of sp³-hybridized carbons (Fsp3) is 0.286. The quantitative estimate of drug-likeness (QED) is 0.384. The molecule has 130 valence electrons. The van der Waals surface area contributed by atoms with Gasteiger partial charge in [0.25, 0.3) is 5.69 Å². The molecular formula is C14H14N6O4S. The number of non-ortho nitro benzene ring substituents is 1. The molecule has 10 nitrogen and oxygen atoms in total. The van der Waals surface area contributed by atoms with Gasteiger partial charge in [-0.3, -0.25) is 14.7 Å². The normalized spacial score (nSPS) is 10.9. The van der Waals surface area contributed by atoms with Gasteiger partial charge in [-0.05, 0) is 6.42 Å². The van der Waals surface area contributed by atoms with Crippen LogP contribution in [-0.4, -0.2) is 29.8 Å². The van der Waals surface area contributed by atoms with E-state index in [9.17, 15) is 14.9 Å². The number of nitrogens with zero attached hydrogens (tertiary/aromatic N) is 5. The van der Waals surface area contributed by atoms with E-state index in [4.69, 9.17) is 4.52 Å². The zero-order valence-corrected chi connectivity index (χ0v) is 14.0. The first-order valence-corrected chi connectivity index (χ1v) is 8.42. The summed E-state index contributed by atoms with van der Waals surface area (Å²) in [4.78, 5) is 26.2. The van der Waals surface area contributed by atoms with E-state index in [2.05, 4.69) is 20.3 Å². The number of nitrogens with one attached hydrogen (secondary N) is 1. The minimum absolute atomic E-state index is 0.0432. The summed E-state index contributed by atoms with van der Waals surface area (Å²) in [7, 11) is 0. The first kappa shape index (κ1) is 16.9. The van der Waals surface area contributed by atoms with Crippen molar-refractivity contribution in [1.82, 2.24) is 24.9 Å². The second-order valence-corrected chi connectivity index (χ2v) is 6.01. The molecule has 25 heavy (non-hydrogen) atoms. The number of hydrogen-bond acceptors (Lipinski definition) is 8. The van der Waals surface area contributed by atoms with Crippen LogP contribution in [-0.2, 0) is 12.3 Å². The van der Waals surface area contributed by atoms with Crippen molar-refractivity contribution >= 4 is 17.4 Å². The molecule has 3 rings (SSSR count). The molecule has 0 bridgehead atoms. The lowest BCUT2D eigenvalue weighted by Gasteiger charge is -2.01. The monoisotopic (exact) mass is 362 g/mol. The Morgan fingerprint density at radius 3 is 3.04 bits per heavy atom. The van der Waals surface area contributed by atoms with Crippen LogP contribution in [0.4, 0.5) is 5.69 Å². The van der Waals surface area contributed by atoms with Crippen LogP contribution in [0.5, 0.6) is 0 Å². The first-order chi connectivity index (χ1) is 12.1. The molecule has 0 aliphatic rings. The molecule has 3 aromatic rings. The summed E-state index contributed by atoms with van der Waals surface area (Å²) in [5.41, 5.74) is 0.197. The van der Waals surface area contributed by atoms with Crippen LogP contribution in [0.1, 0.15) is 19.2 Å². The number of nitro benzene ring substituents is 1. The van der Waals surface area contributed by atoms with E-state index in [0.717, 1.165) is 6.42 Å². The Balaban J connectivity index is 1.73. The van der Waals surface area contributed by atoms with Gasteiger partial charge in [0, 0.05) is 24.2 Å². The standard InChI is InChI=1S/C14H14N6O4S/c1-2-6-19-13(21)16-17-14(19)25-8-11-15-12(18-24-11)9-4-3-5-10(7-9)20(22)23/h3-5,7H,2,6,8H2,1H3,(H,16,21). The van der Waals surface area contributed by atoms with Crippen LogP contribution in [0.15, 0.2) is 38.7 Å². The molecule has 0 spiro atoms. The molecule has 0 unspecified atom stereocenters. The van der Waals surface area contributed by atoms with E-state index < -0.39 is 4.92 Å². The minimum Gasteiger partial charge on any atom is -0.338 e. The maximum Gasteiger partial charge on any atom is 0.343 e. The molecule has 0 aliphatic carbocycles. The Labute approximate surface area is 145 Å². The topological polar surface area (TPSA) is 133 Å². The van der Waals surface area contributed by atoms with Crippen LogP contribution in [0.2, 0.25) is 0 Å². The van der Waals surface area contributed by atoms with Crippen molar-refractivity contribution in [3.05, 3.63) is 50.8 Å². The Morgan fingerprint density at radius 2 is 2.28 bits per heavy atom. The van der Waals surface area contributed by atoms with E-state index in [1.807, 2.05) is 6.92 Å². The van der Waals surface area contributed by atoms with Crippen LogP contribution >= 0.6 is 11.8 Å². The summed E-state index contributed by atoms with van der Waals surface area (Å²) in [6.07, 6.45) is 0.810. The van der Waals surface area contributed by atoms with E-state index >= 15 is 0 Å². The summed E-state index contributed by atoms with van der Waals surface area (Å²) in [5.74, 6) is 0.938. The number of nitro groups is 1. The van der Waals surface area contributed by atoms with E-state index in [1.165, 1.54) is 23.9 Å². The number of thioether (sulfide) groups is 1. The summed E-state index contributed by atoms with van der Waals surface area (Å²) in [6, 6.07) is 6.01. The van der Waals surface area contributed by atoms with Crippen molar-refractivity contribution in [1.29, 1.82) is 0 Å². The SMILES string of the molecule is CCCn1c(SCc2nc(-c3cccc([N+](=O)[O-])c3)no2)n[nH]c1=O. The number of H-pyrrole nitrogens is 1. The lowest BCUT2D eigenvalue weighted by molar-refractivity contribution is -0.384. The molecule has 0 atom stereocenters. The average molecular weight is 362 g/mol. The second kappa shape index (κ2) is 7.30. The number of benzene rings is 1. The smallest absolute Gasteiger partial charge is 0.338 e. The van der Waals surface area contributed by atoms with E-state index in [-0.39, 0.29) is 17.2 Å². The van der Waals surface area contributed by atoms with Gasteiger partial charge in [-0.2, -0.15) is 4.98 Å². The molecular weight excluding hydrogens is 348 g/mol. The van der Waals surface area contributed by atoms with Crippen LogP contribution < -0.4 is 5.69 Å². The maximum absolute atomic E-state index is 11.6. The van der Waals surface area contributed by atoms with Crippen LogP contribution in [0, 0.1) is 10.1 Å². The summed E-state index contributed by atoms with van der Waals surface area (Å²) >= 11 is 1.29. The van der Waals surface area contributed by atoms with Crippen molar-refractivity contribution < 1.29 is 9.45 Å². The molecule has 1 aromatic carbocycles. The predicted octanol–water partition coefficient (Wildman–Crippen LogP) is 2.23. The highest BCUT2D eigenvalue weighted by Gasteiger charge is 2.14. The highest BCUT2D eigenvalue weighted by atomic mass is 32.2. The highest BCUT2D eigenvalue weighted by Crippen LogP contribution is 2.24. The van der Waals surface area contributed by atoms with Gasteiger partial charge in [-0.15, -0.1) is 5.10 Å². The Hall–Kier alpha value is -2.95. The molecule has 0 saturated carbocycles. The summed E-state index contributed by atoms with van der Waals surface area (Å²) < 4.78 is 6.71. The van der Waals surface area contributed by atoms with Crippen molar-refractivity contribution in [2.75, 3.05) is 0 Å². The average Bonchev–Trinajstić information content (AvgIpc) is 3.21. The third kappa shape index (κ3) is 3.76. The highest BCUT2D eigenvalue weighted by molar-refractivity contribution is 7.98. The number of rotatable bonds is 7. The van der Waals surface area contributed by atoms with Crippen molar-refractivity contribution in [3.8, 4) is 11.4 Å². The van der Waals surface area contributed by atoms with Gasteiger partial charge in [0.05, 0.1) is 10.7 Å². The molecule has 0 aliphatic heterocycles.